The highest BCUT2D eigenvalue weighted by molar-refractivity contribution is 7.80. The summed E-state index contributed by atoms with van der Waals surface area (Å²) in [5.41, 5.74) is 12.4. The average molecular weight is 1020 g/mol. The van der Waals surface area contributed by atoms with Gasteiger partial charge in [-0.25, -0.2) is 27.4 Å². The van der Waals surface area contributed by atoms with E-state index in [1.165, 1.54) is 10.0 Å². The molecule has 4 aromatic carbocycles. The van der Waals surface area contributed by atoms with Crippen LogP contribution >= 0.6 is 36.0 Å². The fraction of sp³-hybridized carbons (Fsp3) is 0.358. The maximum Gasteiger partial charge on any atom is 0.218 e. The zero-order chi connectivity index (χ0) is 52.4. The zero-order valence-corrected chi connectivity index (χ0v) is 44.1. The van der Waals surface area contributed by atoms with Crippen LogP contribution in [0.2, 0.25) is 5.02 Å². The van der Waals surface area contributed by atoms with Crippen molar-refractivity contribution in [3.63, 3.8) is 0 Å². The number of pyridine rings is 1. The largest absolute Gasteiger partial charge is 0.390 e. The molecule has 15 nitrogen and oxygen atoms in total. The summed E-state index contributed by atoms with van der Waals surface area (Å²) in [7, 11) is 1.90. The summed E-state index contributed by atoms with van der Waals surface area (Å²) in [5.74, 6) is 11.3. The Balaban J connectivity index is 0.000000268. The molecule has 0 unspecified atom stereocenters. The summed E-state index contributed by atoms with van der Waals surface area (Å²) in [6.45, 7) is 19.4. The number of halogens is 1. The van der Waals surface area contributed by atoms with Crippen LogP contribution in [0.15, 0.2) is 127 Å². The number of nitrogens with two attached hydrogens (primary N) is 3. The first-order valence-corrected chi connectivity index (χ1v) is 24.3. The minimum absolute atomic E-state index is 0.113. The Labute approximate surface area is 434 Å². The van der Waals surface area contributed by atoms with E-state index in [2.05, 4.69) is 62.1 Å². The standard InChI is InChI=1S/C25H29N3OS.C23H26ClN7OS.C5H14N2O/c1-24(2,29)18-19-28(26)23(30)27-25(20-12-6-3-7-13-20,21-14-8-4-9-15-21)22-16-10-5-11-17-22;1-23(2,32)6-8-31(22(25)33)28-12-16-10-20(21-13-27-14-30(21)4)29-19-11-18(24)15(5-7-26-3)9-17(16)19;1-5(2,8)3-4-7-6/h3-17,29H,18-19,26H2,1-2H3,(H,27,30);9-14,32H,5-8H2,1-2,4H3,(H2,25,33);7-8H,3-4,6H2,1-2H3/b;28-12+;. The highest BCUT2D eigenvalue weighted by Crippen LogP contribution is 2.37. The molecule has 0 amide bonds. The van der Waals surface area contributed by atoms with Gasteiger partial charge in [-0.1, -0.05) is 103 Å². The second kappa shape index (κ2) is 26.5. The molecule has 0 saturated heterocycles. The van der Waals surface area contributed by atoms with Crippen LogP contribution in [0.25, 0.3) is 27.1 Å². The van der Waals surface area contributed by atoms with Gasteiger partial charge in [-0.3, -0.25) is 16.3 Å². The van der Waals surface area contributed by atoms with E-state index >= 15 is 0 Å². The summed E-state index contributed by atoms with van der Waals surface area (Å²) in [5, 5.41) is 42.2. The van der Waals surface area contributed by atoms with E-state index in [0.717, 1.165) is 38.9 Å². The maximum absolute atomic E-state index is 10.1. The zero-order valence-electron chi connectivity index (χ0n) is 41.7. The van der Waals surface area contributed by atoms with E-state index < -0.39 is 22.3 Å². The molecule has 0 spiro atoms. The van der Waals surface area contributed by atoms with E-state index in [-0.39, 0.29) is 5.11 Å². The van der Waals surface area contributed by atoms with Crippen LogP contribution in [0.4, 0.5) is 0 Å². The van der Waals surface area contributed by atoms with Crippen molar-refractivity contribution in [2.24, 2.45) is 29.6 Å². The van der Waals surface area contributed by atoms with Gasteiger partial charge in [-0.05, 0) is 126 Å². The lowest BCUT2D eigenvalue weighted by Crippen LogP contribution is -2.55. The normalized spacial score (nSPS) is 11.8. The lowest BCUT2D eigenvalue weighted by Gasteiger charge is -2.39. The van der Waals surface area contributed by atoms with Gasteiger partial charge >= 0.3 is 0 Å². The molecule has 0 radical (unpaired) electrons. The Bertz CT molecular complexity index is 2600. The van der Waals surface area contributed by atoms with Crippen molar-refractivity contribution in [1.82, 2.24) is 35.3 Å². The molecule has 378 valence electrons. The van der Waals surface area contributed by atoms with Gasteiger partial charge in [0.25, 0.3) is 0 Å². The van der Waals surface area contributed by atoms with Crippen molar-refractivity contribution < 1.29 is 15.3 Å². The first kappa shape index (κ1) is 57.7. The minimum atomic E-state index is -0.872. The molecule has 0 aliphatic rings. The minimum Gasteiger partial charge on any atom is -0.390 e. The van der Waals surface area contributed by atoms with Gasteiger partial charge in [0.2, 0.25) is 6.54 Å². The smallest absolute Gasteiger partial charge is 0.218 e. The molecule has 0 bridgehead atoms. The molecule has 71 heavy (non-hydrogen) atoms. The highest BCUT2D eigenvalue weighted by atomic mass is 35.5. The van der Waals surface area contributed by atoms with E-state index in [9.17, 15) is 10.2 Å². The lowest BCUT2D eigenvalue weighted by atomic mass is 9.77. The van der Waals surface area contributed by atoms with Gasteiger partial charge in [-0.2, -0.15) is 5.10 Å². The third-order valence-corrected chi connectivity index (χ3v) is 12.0. The molecular formula is C53H69ClN12O3S2. The predicted octanol–water partition coefficient (Wildman–Crippen LogP) is 7.59. The van der Waals surface area contributed by atoms with E-state index in [1.54, 1.807) is 60.3 Å². The number of nitrogens with zero attached hydrogens (tertiary/aromatic N) is 7. The quantitative estimate of drug-likeness (QED) is 0.0104. The second-order valence-corrected chi connectivity index (χ2v) is 20.1. The van der Waals surface area contributed by atoms with Crippen LogP contribution in [0, 0.1) is 6.57 Å². The number of aromatic nitrogens is 3. The van der Waals surface area contributed by atoms with Crippen molar-refractivity contribution in [3.05, 3.63) is 166 Å². The molecule has 0 aliphatic heterocycles. The molecule has 2 heterocycles. The van der Waals surface area contributed by atoms with Gasteiger partial charge in [0.05, 0.1) is 52.4 Å². The summed E-state index contributed by atoms with van der Waals surface area (Å²) >= 11 is 17.4. The molecular weight excluding hydrogens is 952 g/mol. The van der Waals surface area contributed by atoms with E-state index in [0.29, 0.717) is 73.2 Å². The van der Waals surface area contributed by atoms with Gasteiger partial charge in [0.15, 0.2) is 10.2 Å². The van der Waals surface area contributed by atoms with Gasteiger partial charge in [0.1, 0.15) is 5.54 Å². The maximum atomic E-state index is 10.1. The number of hydrazone groups is 1. The van der Waals surface area contributed by atoms with Crippen LogP contribution in [0.3, 0.4) is 0 Å². The van der Waals surface area contributed by atoms with Gasteiger partial charge in [-0.15, -0.1) is 0 Å². The molecule has 2 aromatic heterocycles. The SMILES string of the molecule is CC(C)(O)CCN(N)C(=S)NC(c1ccccc1)(c1ccccc1)c1ccccc1.CC(C)(O)CCNN.[C-]#[N+]CCc1cc2c(/C=N/N(CCC(C)(C)O)C(N)=S)cc(-c3cncn3C)nc2cc1Cl. The monoisotopic (exact) mass is 1020 g/mol. The number of hydrogen-bond acceptors (Lipinski definition) is 11. The number of aliphatic hydroxyl groups is 3. The molecule has 0 fully saturated rings. The number of hydrogen-bond donors (Lipinski definition) is 8. The topological polar surface area (TPSA) is 217 Å². The van der Waals surface area contributed by atoms with Crippen LogP contribution in [0.5, 0.6) is 0 Å². The first-order chi connectivity index (χ1) is 33.5. The van der Waals surface area contributed by atoms with Gasteiger partial charge in [0, 0.05) is 49.1 Å². The predicted molar refractivity (Wildman–Crippen MR) is 296 cm³/mol. The van der Waals surface area contributed by atoms with Crippen molar-refractivity contribution >= 4 is 63.4 Å². The average Bonchev–Trinajstić information content (AvgIpc) is 3.76. The fourth-order valence-electron chi connectivity index (χ4n) is 7.15. The lowest BCUT2D eigenvalue weighted by molar-refractivity contribution is 0.0639. The number of fused-ring (bicyclic) bond motifs is 1. The molecule has 18 heteroatoms. The summed E-state index contributed by atoms with van der Waals surface area (Å²) < 4.78 is 1.88. The van der Waals surface area contributed by atoms with E-state index in [4.69, 9.17) is 70.1 Å². The number of aryl methyl sites for hydroxylation is 1. The molecule has 0 atom stereocenters. The Kier molecular flexibility index (Phi) is 21.5. The third kappa shape index (κ3) is 18.0. The Morgan fingerprint density at radius 1 is 0.831 bits per heavy atom. The number of nitrogens with one attached hydrogen (secondary N) is 2. The molecule has 6 aromatic rings. The Morgan fingerprint density at radius 2 is 1.35 bits per heavy atom. The van der Waals surface area contributed by atoms with Crippen molar-refractivity contribution in [2.45, 2.75) is 89.6 Å². The van der Waals surface area contributed by atoms with Crippen molar-refractivity contribution in [3.8, 4) is 11.4 Å². The van der Waals surface area contributed by atoms with Crippen molar-refractivity contribution in [1.29, 1.82) is 0 Å². The summed E-state index contributed by atoms with van der Waals surface area (Å²) in [6.07, 6.45) is 7.30. The number of benzene rings is 4. The second-order valence-electron chi connectivity index (χ2n) is 18.9. The van der Waals surface area contributed by atoms with Crippen LogP contribution < -0.4 is 28.2 Å². The van der Waals surface area contributed by atoms with Crippen LogP contribution in [-0.4, -0.2) is 99.3 Å². The first-order valence-electron chi connectivity index (χ1n) is 23.1. The number of rotatable bonds is 18. The summed E-state index contributed by atoms with van der Waals surface area (Å²) in [6, 6.07) is 36.4. The number of imidazole rings is 1. The molecule has 0 saturated carbocycles. The number of thiocarbonyl (C=S) groups is 2. The highest BCUT2D eigenvalue weighted by Gasteiger charge is 2.38. The Morgan fingerprint density at radius 3 is 1.79 bits per heavy atom. The fourth-order valence-corrected chi connectivity index (χ4v) is 7.79. The van der Waals surface area contributed by atoms with E-state index in [1.807, 2.05) is 84.4 Å². The van der Waals surface area contributed by atoms with Gasteiger partial charge < -0.3 is 35.8 Å². The summed E-state index contributed by atoms with van der Waals surface area (Å²) in [4.78, 5) is 12.4. The molecule has 0 aliphatic carbocycles. The number of hydrazine groups is 2. The van der Waals surface area contributed by atoms with Crippen LogP contribution in [0.1, 0.15) is 88.6 Å². The third-order valence-electron chi connectivity index (χ3n) is 11.1. The van der Waals surface area contributed by atoms with Crippen molar-refractivity contribution in [2.75, 3.05) is 26.2 Å². The molecule has 6 rings (SSSR count). The Hall–Kier alpha value is -5.91. The molecule has 11 N–H and O–H groups in total. The van der Waals surface area contributed by atoms with Crippen LogP contribution in [-0.2, 0) is 19.0 Å².